The highest BCUT2D eigenvalue weighted by molar-refractivity contribution is 14.0. The standard InChI is InChI=1S/C17H29N5O.HI/c1-13(2)22-10-8-14(9-11-22)21-17(18-3)19-12-15-6-5-7-16(20-15)23-4;/h5-7,13-14H,8-12H2,1-4H3,(H2,18,19,21);1H. The highest BCUT2D eigenvalue weighted by Crippen LogP contribution is 2.13. The van der Waals surface area contributed by atoms with Crippen molar-refractivity contribution in [1.29, 1.82) is 0 Å². The summed E-state index contributed by atoms with van der Waals surface area (Å²) < 4.78 is 5.15. The van der Waals surface area contributed by atoms with E-state index in [1.54, 1.807) is 14.2 Å². The molecule has 7 heteroatoms. The van der Waals surface area contributed by atoms with Crippen LogP contribution in [0.3, 0.4) is 0 Å². The lowest BCUT2D eigenvalue weighted by atomic mass is 10.0. The van der Waals surface area contributed by atoms with Gasteiger partial charge < -0.3 is 20.3 Å². The van der Waals surface area contributed by atoms with Crippen molar-refractivity contribution in [2.75, 3.05) is 27.2 Å². The average Bonchev–Trinajstić information content (AvgIpc) is 2.59. The Balaban J connectivity index is 0.00000288. The monoisotopic (exact) mass is 447 g/mol. The van der Waals surface area contributed by atoms with Crippen molar-refractivity contribution >= 4 is 29.9 Å². The van der Waals surface area contributed by atoms with Gasteiger partial charge in [0.05, 0.1) is 19.3 Å². The molecule has 0 aromatic carbocycles. The second-order valence-corrected chi connectivity index (χ2v) is 6.15. The summed E-state index contributed by atoms with van der Waals surface area (Å²) in [6.45, 7) is 7.43. The largest absolute Gasteiger partial charge is 0.481 e. The maximum Gasteiger partial charge on any atom is 0.213 e. The molecule has 1 aromatic heterocycles. The van der Waals surface area contributed by atoms with E-state index >= 15 is 0 Å². The predicted molar refractivity (Wildman–Crippen MR) is 109 cm³/mol. The molecule has 0 radical (unpaired) electrons. The van der Waals surface area contributed by atoms with Gasteiger partial charge in [-0.3, -0.25) is 4.99 Å². The van der Waals surface area contributed by atoms with E-state index in [1.165, 1.54) is 0 Å². The van der Waals surface area contributed by atoms with E-state index in [2.05, 4.69) is 39.4 Å². The quantitative estimate of drug-likeness (QED) is 0.412. The summed E-state index contributed by atoms with van der Waals surface area (Å²) in [6, 6.07) is 6.88. The number of guanidine groups is 1. The number of likely N-dealkylation sites (tertiary alicyclic amines) is 1. The molecule has 1 saturated heterocycles. The van der Waals surface area contributed by atoms with Gasteiger partial charge in [-0.1, -0.05) is 6.07 Å². The maximum absolute atomic E-state index is 5.15. The fourth-order valence-corrected chi connectivity index (χ4v) is 2.79. The molecule has 2 heterocycles. The highest BCUT2D eigenvalue weighted by atomic mass is 127. The zero-order valence-electron chi connectivity index (χ0n) is 15.1. The van der Waals surface area contributed by atoms with Crippen LogP contribution in [0.5, 0.6) is 5.88 Å². The van der Waals surface area contributed by atoms with Crippen molar-refractivity contribution in [2.45, 2.75) is 45.3 Å². The van der Waals surface area contributed by atoms with Crippen molar-refractivity contribution in [3.63, 3.8) is 0 Å². The summed E-state index contributed by atoms with van der Waals surface area (Å²) in [4.78, 5) is 11.2. The first kappa shape index (κ1) is 21.0. The van der Waals surface area contributed by atoms with Crippen LogP contribution in [-0.2, 0) is 6.54 Å². The Hall–Kier alpha value is -1.09. The summed E-state index contributed by atoms with van der Waals surface area (Å²) in [5.41, 5.74) is 0.932. The second-order valence-electron chi connectivity index (χ2n) is 6.15. The van der Waals surface area contributed by atoms with Crippen molar-refractivity contribution in [1.82, 2.24) is 20.5 Å². The second kappa shape index (κ2) is 10.7. The molecule has 0 amide bonds. The summed E-state index contributed by atoms with van der Waals surface area (Å²) >= 11 is 0. The van der Waals surface area contributed by atoms with Gasteiger partial charge in [0.1, 0.15) is 0 Å². The van der Waals surface area contributed by atoms with Gasteiger partial charge >= 0.3 is 0 Å². The number of pyridine rings is 1. The van der Waals surface area contributed by atoms with Gasteiger partial charge in [-0.05, 0) is 32.8 Å². The van der Waals surface area contributed by atoms with Crippen LogP contribution in [-0.4, -0.2) is 55.2 Å². The number of hydrogen-bond acceptors (Lipinski definition) is 4. The zero-order valence-corrected chi connectivity index (χ0v) is 17.4. The van der Waals surface area contributed by atoms with Gasteiger partial charge in [0.25, 0.3) is 0 Å². The number of halogens is 1. The van der Waals surface area contributed by atoms with Gasteiger partial charge in [0.15, 0.2) is 5.96 Å². The lowest BCUT2D eigenvalue weighted by Gasteiger charge is -2.35. The first-order chi connectivity index (χ1) is 11.1. The van der Waals surface area contributed by atoms with Crippen LogP contribution in [0.2, 0.25) is 0 Å². The highest BCUT2D eigenvalue weighted by Gasteiger charge is 2.21. The molecule has 0 atom stereocenters. The SMILES string of the molecule is CN=C(NCc1cccc(OC)n1)NC1CCN(C(C)C)CC1.I. The Labute approximate surface area is 162 Å². The van der Waals surface area contributed by atoms with Gasteiger partial charge in [-0.15, -0.1) is 24.0 Å². The summed E-state index contributed by atoms with van der Waals surface area (Å²) in [5.74, 6) is 1.46. The zero-order chi connectivity index (χ0) is 16.7. The number of rotatable bonds is 5. The van der Waals surface area contributed by atoms with E-state index in [-0.39, 0.29) is 24.0 Å². The summed E-state index contributed by atoms with van der Waals surface area (Å²) in [6.07, 6.45) is 2.30. The fraction of sp³-hybridized carbons (Fsp3) is 0.647. The van der Waals surface area contributed by atoms with Gasteiger partial charge in [0, 0.05) is 38.3 Å². The number of piperidine rings is 1. The molecule has 0 saturated carbocycles. The fourth-order valence-electron chi connectivity index (χ4n) is 2.79. The first-order valence-electron chi connectivity index (χ1n) is 8.33. The Morgan fingerprint density at radius 3 is 2.67 bits per heavy atom. The lowest BCUT2D eigenvalue weighted by molar-refractivity contribution is 0.167. The number of aromatic nitrogens is 1. The Kier molecular flexibility index (Phi) is 9.35. The minimum Gasteiger partial charge on any atom is -0.481 e. The molecule has 0 bridgehead atoms. The molecule has 0 unspecified atom stereocenters. The van der Waals surface area contributed by atoms with Crippen LogP contribution < -0.4 is 15.4 Å². The van der Waals surface area contributed by atoms with Gasteiger partial charge in [-0.25, -0.2) is 4.98 Å². The van der Waals surface area contributed by atoms with Gasteiger partial charge in [0.2, 0.25) is 5.88 Å². The van der Waals surface area contributed by atoms with Crippen LogP contribution in [0.15, 0.2) is 23.2 Å². The number of hydrogen-bond donors (Lipinski definition) is 2. The maximum atomic E-state index is 5.15. The minimum absolute atomic E-state index is 0. The normalized spacial score (nSPS) is 16.6. The molecule has 1 aromatic rings. The van der Waals surface area contributed by atoms with E-state index in [9.17, 15) is 0 Å². The van der Waals surface area contributed by atoms with E-state index in [0.717, 1.165) is 37.6 Å². The average molecular weight is 447 g/mol. The molecule has 24 heavy (non-hydrogen) atoms. The van der Waals surface area contributed by atoms with E-state index < -0.39 is 0 Å². The summed E-state index contributed by atoms with van der Waals surface area (Å²) in [7, 11) is 3.43. The molecule has 2 rings (SSSR count). The van der Waals surface area contributed by atoms with Crippen molar-refractivity contribution in [2.24, 2.45) is 4.99 Å². The smallest absolute Gasteiger partial charge is 0.213 e. The number of aliphatic imine (C=N–C) groups is 1. The Morgan fingerprint density at radius 1 is 1.38 bits per heavy atom. The van der Waals surface area contributed by atoms with Crippen molar-refractivity contribution in [3.8, 4) is 5.88 Å². The lowest BCUT2D eigenvalue weighted by Crippen LogP contribution is -2.49. The number of ether oxygens (including phenoxy) is 1. The van der Waals surface area contributed by atoms with Crippen LogP contribution in [0.25, 0.3) is 0 Å². The van der Waals surface area contributed by atoms with Crippen LogP contribution in [0, 0.1) is 0 Å². The number of methoxy groups -OCH3 is 1. The topological polar surface area (TPSA) is 61.8 Å². The molecule has 0 aliphatic carbocycles. The molecule has 0 spiro atoms. The molecule has 136 valence electrons. The summed E-state index contributed by atoms with van der Waals surface area (Å²) in [5, 5.41) is 6.84. The van der Waals surface area contributed by atoms with E-state index in [4.69, 9.17) is 4.74 Å². The third-order valence-corrected chi connectivity index (χ3v) is 4.25. The van der Waals surface area contributed by atoms with Crippen molar-refractivity contribution < 1.29 is 4.74 Å². The van der Waals surface area contributed by atoms with Crippen LogP contribution in [0.4, 0.5) is 0 Å². The van der Waals surface area contributed by atoms with Crippen LogP contribution >= 0.6 is 24.0 Å². The van der Waals surface area contributed by atoms with Crippen LogP contribution in [0.1, 0.15) is 32.4 Å². The molecule has 6 nitrogen and oxygen atoms in total. The third kappa shape index (κ3) is 6.43. The number of nitrogens with zero attached hydrogens (tertiary/aromatic N) is 3. The Morgan fingerprint density at radius 2 is 2.08 bits per heavy atom. The molecule has 1 aliphatic heterocycles. The Bertz CT molecular complexity index is 515. The number of nitrogens with one attached hydrogen (secondary N) is 2. The predicted octanol–water partition coefficient (Wildman–Crippen LogP) is 2.25. The van der Waals surface area contributed by atoms with E-state index in [1.807, 2.05) is 18.2 Å². The first-order valence-corrected chi connectivity index (χ1v) is 8.33. The molecular weight excluding hydrogens is 417 g/mol. The minimum atomic E-state index is 0. The molecular formula is C17H30IN5O. The molecule has 2 N–H and O–H groups in total. The van der Waals surface area contributed by atoms with Gasteiger partial charge in [-0.2, -0.15) is 0 Å². The third-order valence-electron chi connectivity index (χ3n) is 4.25. The van der Waals surface area contributed by atoms with Crippen molar-refractivity contribution in [3.05, 3.63) is 23.9 Å². The molecule has 1 aliphatic rings. The van der Waals surface area contributed by atoms with E-state index in [0.29, 0.717) is 24.5 Å². The molecule has 1 fully saturated rings.